The van der Waals surface area contributed by atoms with Crippen molar-refractivity contribution in [2.75, 3.05) is 13.1 Å². The Hall–Kier alpha value is -4.55. The lowest BCUT2D eigenvalue weighted by atomic mass is 9.54. The van der Waals surface area contributed by atoms with Crippen LogP contribution in [-0.4, -0.2) is 29.8 Å². The average molecular weight is 471 g/mol. The van der Waals surface area contributed by atoms with Crippen molar-refractivity contribution in [3.63, 3.8) is 0 Å². The fourth-order valence-corrected chi connectivity index (χ4v) is 4.85. The van der Waals surface area contributed by atoms with Crippen molar-refractivity contribution in [3.05, 3.63) is 82.9 Å². The average Bonchev–Trinajstić information content (AvgIpc) is 2.88. The van der Waals surface area contributed by atoms with Crippen molar-refractivity contribution in [2.24, 2.45) is 17.3 Å². The number of carbonyl (C=O) groups is 1. The summed E-state index contributed by atoms with van der Waals surface area (Å²) in [5.74, 6) is -5.29. The van der Waals surface area contributed by atoms with Crippen molar-refractivity contribution in [1.29, 1.82) is 21.2 Å². The summed E-state index contributed by atoms with van der Waals surface area (Å²) in [6.45, 7) is 0.108. The van der Waals surface area contributed by atoms with E-state index in [0.29, 0.717) is 5.57 Å². The Morgan fingerprint density at radius 1 is 1.11 bits per heavy atom. The zero-order valence-electron chi connectivity index (χ0n) is 18.4. The Bertz CT molecular complexity index is 1320. The molecule has 4 rings (SSSR count). The van der Waals surface area contributed by atoms with Crippen LogP contribution in [0, 0.1) is 68.3 Å². The third kappa shape index (κ3) is 4.00. The Morgan fingerprint density at radius 3 is 2.46 bits per heavy atom. The maximum absolute atomic E-state index is 14.2. The summed E-state index contributed by atoms with van der Waals surface area (Å²) in [6, 6.07) is 17.9. The van der Waals surface area contributed by atoms with E-state index in [0.717, 1.165) is 17.7 Å². The molecule has 2 aliphatic rings. The second-order valence-corrected chi connectivity index (χ2v) is 8.41. The fraction of sp³-hybridized carbons (Fsp3) is 0.269. The van der Waals surface area contributed by atoms with Crippen molar-refractivity contribution < 1.29 is 18.3 Å². The first-order valence-corrected chi connectivity index (χ1v) is 10.8. The Balaban J connectivity index is 1.73. The molecule has 2 aromatic rings. The molecule has 0 aromatic heterocycles. The smallest absolute Gasteiger partial charge is 0.410 e. The lowest BCUT2D eigenvalue weighted by Crippen LogP contribution is -2.53. The molecule has 1 saturated carbocycles. The predicted octanol–water partition coefficient (Wildman–Crippen LogP) is 4.45. The van der Waals surface area contributed by atoms with E-state index < -0.39 is 46.6 Å². The van der Waals surface area contributed by atoms with Gasteiger partial charge in [0.1, 0.15) is 12.5 Å². The normalized spacial score (nSPS) is 22.6. The Labute approximate surface area is 200 Å². The maximum Gasteiger partial charge on any atom is 0.410 e. The molecule has 1 N–H and O–H groups in total. The van der Waals surface area contributed by atoms with Crippen LogP contribution >= 0.6 is 0 Å². The minimum atomic E-state index is -2.11. The summed E-state index contributed by atoms with van der Waals surface area (Å²) in [7, 11) is 0. The van der Waals surface area contributed by atoms with Gasteiger partial charge in [-0.05, 0) is 28.8 Å². The van der Waals surface area contributed by atoms with Gasteiger partial charge >= 0.3 is 6.09 Å². The molecule has 1 amide bonds. The predicted molar refractivity (Wildman–Crippen MR) is 119 cm³/mol. The van der Waals surface area contributed by atoms with E-state index in [4.69, 9.17) is 10.1 Å². The summed E-state index contributed by atoms with van der Waals surface area (Å²) in [5, 5.41) is 38.4. The molecule has 0 bridgehead atoms. The SMILES string of the molecule is N#CC1C(=N)C(C#N)(C#N)[C@H](c2ccc(F)c(F)c2)[C@H]2CN(C(=O)OCc3ccccc3)CC=C12. The first kappa shape index (κ1) is 23.6. The van der Waals surface area contributed by atoms with E-state index in [2.05, 4.69) is 0 Å². The summed E-state index contributed by atoms with van der Waals surface area (Å²) in [6.07, 6.45) is 0.980. The molecule has 1 fully saturated rings. The molecule has 0 saturated heterocycles. The number of halogens is 2. The van der Waals surface area contributed by atoms with Gasteiger partial charge in [0.2, 0.25) is 0 Å². The second kappa shape index (κ2) is 9.37. The molecule has 35 heavy (non-hydrogen) atoms. The van der Waals surface area contributed by atoms with Crippen LogP contribution in [0.1, 0.15) is 17.0 Å². The van der Waals surface area contributed by atoms with Gasteiger partial charge in [-0.15, -0.1) is 0 Å². The quantitative estimate of drug-likeness (QED) is 0.662. The van der Waals surface area contributed by atoms with Crippen LogP contribution in [0.15, 0.2) is 60.2 Å². The number of nitrogens with zero attached hydrogens (tertiary/aromatic N) is 4. The lowest BCUT2D eigenvalue weighted by Gasteiger charge is -2.47. The third-order valence-corrected chi connectivity index (χ3v) is 6.56. The highest BCUT2D eigenvalue weighted by Crippen LogP contribution is 2.53. The van der Waals surface area contributed by atoms with E-state index in [-0.39, 0.29) is 25.3 Å². The molecule has 7 nitrogen and oxygen atoms in total. The number of carbonyl (C=O) groups excluding carboxylic acids is 1. The van der Waals surface area contributed by atoms with Crippen LogP contribution in [0.2, 0.25) is 0 Å². The van der Waals surface area contributed by atoms with Crippen LogP contribution in [0.25, 0.3) is 0 Å². The van der Waals surface area contributed by atoms with Gasteiger partial charge in [-0.1, -0.05) is 42.5 Å². The minimum absolute atomic E-state index is 0.0281. The fourth-order valence-electron chi connectivity index (χ4n) is 4.85. The van der Waals surface area contributed by atoms with Gasteiger partial charge in [0.15, 0.2) is 17.0 Å². The molecule has 0 spiro atoms. The van der Waals surface area contributed by atoms with E-state index in [1.165, 1.54) is 11.0 Å². The topological polar surface area (TPSA) is 125 Å². The molecular formula is C26H19F2N5O2. The van der Waals surface area contributed by atoms with Crippen molar-refractivity contribution in [1.82, 2.24) is 4.90 Å². The van der Waals surface area contributed by atoms with Crippen LogP contribution in [-0.2, 0) is 11.3 Å². The first-order valence-electron chi connectivity index (χ1n) is 10.8. The number of hydrogen-bond donors (Lipinski definition) is 1. The lowest BCUT2D eigenvalue weighted by molar-refractivity contribution is 0.0892. The van der Waals surface area contributed by atoms with E-state index in [1.807, 2.05) is 36.4 Å². The monoisotopic (exact) mass is 471 g/mol. The highest BCUT2D eigenvalue weighted by Gasteiger charge is 2.58. The number of nitriles is 3. The Morgan fingerprint density at radius 2 is 1.83 bits per heavy atom. The molecule has 174 valence electrons. The number of nitrogens with one attached hydrogen (secondary N) is 1. The van der Waals surface area contributed by atoms with Crippen molar-refractivity contribution >= 4 is 11.8 Å². The van der Waals surface area contributed by atoms with E-state index in [9.17, 15) is 29.4 Å². The second-order valence-electron chi connectivity index (χ2n) is 8.41. The molecule has 1 unspecified atom stereocenters. The van der Waals surface area contributed by atoms with Crippen molar-refractivity contribution in [3.8, 4) is 18.2 Å². The minimum Gasteiger partial charge on any atom is -0.445 e. The van der Waals surface area contributed by atoms with Crippen LogP contribution in [0.5, 0.6) is 0 Å². The number of rotatable bonds is 3. The third-order valence-electron chi connectivity index (χ3n) is 6.56. The summed E-state index contributed by atoms with van der Waals surface area (Å²) in [4.78, 5) is 14.2. The molecular weight excluding hydrogens is 452 g/mol. The molecule has 9 heteroatoms. The van der Waals surface area contributed by atoms with Gasteiger partial charge in [0.05, 0.1) is 23.9 Å². The van der Waals surface area contributed by atoms with Crippen LogP contribution in [0.4, 0.5) is 13.6 Å². The summed E-state index contributed by atoms with van der Waals surface area (Å²) in [5.41, 5.74) is -1.13. The maximum atomic E-state index is 14.2. The highest BCUT2D eigenvalue weighted by atomic mass is 19.2. The standard InChI is InChI=1S/C26H19F2N5O2/c27-21-7-6-17(10-22(21)28)23-20-12-33(25(34)35-13-16-4-2-1-3-5-16)9-8-18(20)19(11-29)24(32)26(23,14-30)15-31/h1-8,10,19-20,23,32H,9,12-13H2/t19?,20-,23+/m0/s1. The number of fused-ring (bicyclic) bond motifs is 1. The van der Waals surface area contributed by atoms with Gasteiger partial charge in [-0.3, -0.25) is 0 Å². The summed E-state index contributed by atoms with van der Waals surface area (Å²) >= 11 is 0. The van der Waals surface area contributed by atoms with Gasteiger partial charge in [-0.25, -0.2) is 13.6 Å². The zero-order valence-corrected chi connectivity index (χ0v) is 18.4. The first-order chi connectivity index (χ1) is 16.9. The Kier molecular flexibility index (Phi) is 6.32. The van der Waals surface area contributed by atoms with Gasteiger partial charge < -0.3 is 15.0 Å². The number of hydrogen-bond acceptors (Lipinski definition) is 6. The van der Waals surface area contributed by atoms with Gasteiger partial charge in [0, 0.05) is 24.9 Å². The van der Waals surface area contributed by atoms with Crippen LogP contribution < -0.4 is 0 Å². The summed E-state index contributed by atoms with van der Waals surface area (Å²) < 4.78 is 33.3. The van der Waals surface area contributed by atoms with E-state index >= 15 is 0 Å². The van der Waals surface area contributed by atoms with Crippen molar-refractivity contribution in [2.45, 2.75) is 12.5 Å². The number of ether oxygens (including phenoxy) is 1. The number of amides is 1. The molecule has 1 aliphatic carbocycles. The van der Waals surface area contributed by atoms with Gasteiger partial charge in [-0.2, -0.15) is 15.8 Å². The molecule has 1 heterocycles. The molecule has 2 aromatic carbocycles. The molecule has 3 atom stereocenters. The van der Waals surface area contributed by atoms with Crippen LogP contribution in [0.3, 0.4) is 0 Å². The largest absolute Gasteiger partial charge is 0.445 e. The molecule has 1 aliphatic heterocycles. The molecule has 0 radical (unpaired) electrons. The zero-order chi connectivity index (χ0) is 25.2. The number of benzene rings is 2. The highest BCUT2D eigenvalue weighted by molar-refractivity contribution is 6.01. The van der Waals surface area contributed by atoms with E-state index in [1.54, 1.807) is 18.2 Å². The van der Waals surface area contributed by atoms with Gasteiger partial charge in [0.25, 0.3) is 0 Å².